The molecular formula is C17H19F3N4. The second kappa shape index (κ2) is 6.76. The lowest BCUT2D eigenvalue weighted by Crippen LogP contribution is -2.46. The van der Waals surface area contributed by atoms with Crippen molar-refractivity contribution in [2.45, 2.75) is 19.6 Å². The van der Waals surface area contributed by atoms with E-state index in [2.05, 4.69) is 15.1 Å². The van der Waals surface area contributed by atoms with Crippen molar-refractivity contribution >= 4 is 5.82 Å². The summed E-state index contributed by atoms with van der Waals surface area (Å²) in [5, 5.41) is 8.22. The summed E-state index contributed by atoms with van der Waals surface area (Å²) in [7, 11) is 0. The molecule has 1 aliphatic rings. The molecule has 24 heavy (non-hydrogen) atoms. The molecule has 1 aromatic carbocycles. The van der Waals surface area contributed by atoms with Gasteiger partial charge in [-0.05, 0) is 30.7 Å². The minimum Gasteiger partial charge on any atom is -0.353 e. The van der Waals surface area contributed by atoms with Crippen LogP contribution in [-0.2, 0) is 12.7 Å². The van der Waals surface area contributed by atoms with Crippen LogP contribution < -0.4 is 4.90 Å². The smallest absolute Gasteiger partial charge is 0.353 e. The maximum atomic E-state index is 13.1. The minimum atomic E-state index is -4.31. The number of benzene rings is 1. The van der Waals surface area contributed by atoms with Gasteiger partial charge in [-0.1, -0.05) is 18.2 Å². The Kier molecular flexibility index (Phi) is 4.71. The number of rotatable bonds is 3. The maximum Gasteiger partial charge on any atom is 0.416 e. The third kappa shape index (κ3) is 3.84. The van der Waals surface area contributed by atoms with Crippen LogP contribution in [0.5, 0.6) is 0 Å². The van der Waals surface area contributed by atoms with E-state index in [4.69, 9.17) is 0 Å². The van der Waals surface area contributed by atoms with E-state index in [1.807, 2.05) is 24.0 Å². The van der Waals surface area contributed by atoms with Crippen molar-refractivity contribution in [3.63, 3.8) is 0 Å². The van der Waals surface area contributed by atoms with Crippen LogP contribution in [0.15, 0.2) is 36.4 Å². The zero-order valence-electron chi connectivity index (χ0n) is 13.4. The van der Waals surface area contributed by atoms with Gasteiger partial charge in [-0.2, -0.15) is 18.3 Å². The van der Waals surface area contributed by atoms with Crippen molar-refractivity contribution in [3.8, 4) is 0 Å². The largest absolute Gasteiger partial charge is 0.416 e. The van der Waals surface area contributed by atoms with Gasteiger partial charge in [-0.15, -0.1) is 5.10 Å². The molecule has 0 radical (unpaired) electrons. The molecule has 0 spiro atoms. The molecule has 1 saturated heterocycles. The predicted molar refractivity (Wildman–Crippen MR) is 85.7 cm³/mol. The SMILES string of the molecule is Cc1ccc(N2CCN(Cc3ccccc3C(F)(F)F)CC2)nn1. The van der Waals surface area contributed by atoms with Gasteiger partial charge >= 0.3 is 6.18 Å². The van der Waals surface area contributed by atoms with Gasteiger partial charge in [0.1, 0.15) is 0 Å². The Balaban J connectivity index is 1.63. The predicted octanol–water partition coefficient (Wildman–Crippen LogP) is 3.13. The number of alkyl halides is 3. The van der Waals surface area contributed by atoms with Crippen molar-refractivity contribution < 1.29 is 13.2 Å². The van der Waals surface area contributed by atoms with Crippen LogP contribution in [0.2, 0.25) is 0 Å². The Labute approximate surface area is 138 Å². The minimum absolute atomic E-state index is 0.309. The summed E-state index contributed by atoms with van der Waals surface area (Å²) in [6.07, 6.45) is -4.31. The molecule has 1 aliphatic heterocycles. The number of piperazine rings is 1. The standard InChI is InChI=1S/C17H19F3N4/c1-13-6-7-16(22-21-13)24-10-8-23(9-11-24)12-14-4-2-3-5-15(14)17(18,19)20/h2-7H,8-12H2,1H3. The van der Waals surface area contributed by atoms with E-state index < -0.39 is 11.7 Å². The first-order valence-corrected chi connectivity index (χ1v) is 7.86. The third-order valence-electron chi connectivity index (χ3n) is 4.20. The lowest BCUT2D eigenvalue weighted by molar-refractivity contribution is -0.138. The molecule has 0 bridgehead atoms. The first kappa shape index (κ1) is 16.7. The number of anilines is 1. The molecule has 0 amide bonds. The molecule has 0 saturated carbocycles. The second-order valence-electron chi connectivity index (χ2n) is 5.95. The summed E-state index contributed by atoms with van der Waals surface area (Å²) < 4.78 is 39.2. The average Bonchev–Trinajstić information content (AvgIpc) is 2.56. The lowest BCUT2D eigenvalue weighted by Gasteiger charge is -2.35. The van der Waals surface area contributed by atoms with Crippen LogP contribution in [-0.4, -0.2) is 41.3 Å². The molecule has 128 valence electrons. The third-order valence-corrected chi connectivity index (χ3v) is 4.20. The van der Waals surface area contributed by atoms with Gasteiger partial charge in [0.15, 0.2) is 5.82 Å². The highest BCUT2D eigenvalue weighted by atomic mass is 19.4. The van der Waals surface area contributed by atoms with Gasteiger partial charge in [0, 0.05) is 32.7 Å². The fourth-order valence-corrected chi connectivity index (χ4v) is 2.87. The topological polar surface area (TPSA) is 32.3 Å². The fraction of sp³-hybridized carbons (Fsp3) is 0.412. The van der Waals surface area contributed by atoms with Gasteiger partial charge in [0.05, 0.1) is 11.3 Å². The molecule has 0 atom stereocenters. The quantitative estimate of drug-likeness (QED) is 0.862. The van der Waals surface area contributed by atoms with Crippen LogP contribution in [0.3, 0.4) is 0 Å². The maximum absolute atomic E-state index is 13.1. The molecule has 2 heterocycles. The number of hydrogen-bond acceptors (Lipinski definition) is 4. The van der Waals surface area contributed by atoms with E-state index >= 15 is 0 Å². The van der Waals surface area contributed by atoms with E-state index in [9.17, 15) is 13.2 Å². The summed E-state index contributed by atoms with van der Waals surface area (Å²) in [4.78, 5) is 4.15. The average molecular weight is 336 g/mol. The highest BCUT2D eigenvalue weighted by molar-refractivity contribution is 5.38. The number of aryl methyl sites for hydroxylation is 1. The Morgan fingerprint density at radius 2 is 1.67 bits per heavy atom. The molecule has 0 unspecified atom stereocenters. The number of nitrogens with zero attached hydrogens (tertiary/aromatic N) is 4. The highest BCUT2D eigenvalue weighted by Crippen LogP contribution is 2.32. The number of hydrogen-bond donors (Lipinski definition) is 0. The zero-order chi connectivity index (χ0) is 17.2. The van der Waals surface area contributed by atoms with E-state index in [1.54, 1.807) is 12.1 Å². The molecule has 7 heteroatoms. The Morgan fingerprint density at radius 3 is 2.29 bits per heavy atom. The Bertz CT molecular complexity index is 677. The first-order valence-electron chi connectivity index (χ1n) is 7.86. The van der Waals surface area contributed by atoms with Gasteiger partial charge in [0.25, 0.3) is 0 Å². The summed E-state index contributed by atoms with van der Waals surface area (Å²) in [6.45, 7) is 5.04. The number of aromatic nitrogens is 2. The summed E-state index contributed by atoms with van der Waals surface area (Å²) >= 11 is 0. The van der Waals surface area contributed by atoms with Crippen LogP contribution in [0.4, 0.5) is 19.0 Å². The van der Waals surface area contributed by atoms with E-state index in [-0.39, 0.29) is 0 Å². The van der Waals surface area contributed by atoms with Crippen molar-refractivity contribution in [2.75, 3.05) is 31.1 Å². The van der Waals surface area contributed by atoms with Crippen LogP contribution in [0.25, 0.3) is 0 Å². The summed E-state index contributed by atoms with van der Waals surface area (Å²) in [5.74, 6) is 0.816. The monoisotopic (exact) mass is 336 g/mol. The van der Waals surface area contributed by atoms with Crippen molar-refractivity contribution in [3.05, 3.63) is 53.2 Å². The van der Waals surface area contributed by atoms with Crippen molar-refractivity contribution in [1.29, 1.82) is 0 Å². The Morgan fingerprint density at radius 1 is 0.958 bits per heavy atom. The van der Waals surface area contributed by atoms with Gasteiger partial charge < -0.3 is 4.90 Å². The van der Waals surface area contributed by atoms with E-state index in [0.717, 1.165) is 30.7 Å². The first-order chi connectivity index (χ1) is 11.4. The fourth-order valence-electron chi connectivity index (χ4n) is 2.87. The highest BCUT2D eigenvalue weighted by Gasteiger charge is 2.33. The number of halogens is 3. The van der Waals surface area contributed by atoms with Gasteiger partial charge in [-0.25, -0.2) is 0 Å². The molecule has 1 fully saturated rings. The summed E-state index contributed by atoms with van der Waals surface area (Å²) in [5.41, 5.74) is 0.645. The van der Waals surface area contributed by atoms with E-state index in [1.165, 1.54) is 6.07 Å². The lowest BCUT2D eigenvalue weighted by atomic mass is 10.1. The van der Waals surface area contributed by atoms with Crippen molar-refractivity contribution in [1.82, 2.24) is 15.1 Å². The molecular weight excluding hydrogens is 317 g/mol. The van der Waals surface area contributed by atoms with Crippen molar-refractivity contribution in [2.24, 2.45) is 0 Å². The molecule has 2 aromatic rings. The molecule has 1 aromatic heterocycles. The second-order valence-corrected chi connectivity index (χ2v) is 5.95. The van der Waals surface area contributed by atoms with Crippen LogP contribution >= 0.6 is 0 Å². The van der Waals surface area contributed by atoms with E-state index in [0.29, 0.717) is 25.2 Å². The summed E-state index contributed by atoms with van der Waals surface area (Å²) in [6, 6.07) is 9.63. The Hall–Kier alpha value is -2.15. The van der Waals surface area contributed by atoms with Crippen LogP contribution in [0.1, 0.15) is 16.8 Å². The van der Waals surface area contributed by atoms with Gasteiger partial charge in [0.2, 0.25) is 0 Å². The van der Waals surface area contributed by atoms with Gasteiger partial charge in [-0.3, -0.25) is 4.90 Å². The molecule has 0 N–H and O–H groups in total. The normalized spacial score (nSPS) is 16.4. The van der Waals surface area contributed by atoms with Crippen LogP contribution in [0, 0.1) is 6.92 Å². The zero-order valence-corrected chi connectivity index (χ0v) is 13.4. The molecule has 4 nitrogen and oxygen atoms in total. The molecule has 3 rings (SSSR count). The molecule has 0 aliphatic carbocycles.